The fourth-order valence-corrected chi connectivity index (χ4v) is 1.63. The largest absolute Gasteiger partial charge is 0.378 e. The van der Waals surface area contributed by atoms with E-state index in [0.717, 1.165) is 43.6 Å². The first-order valence-electron chi connectivity index (χ1n) is 5.17. The molecule has 0 radical (unpaired) electrons. The van der Waals surface area contributed by atoms with E-state index < -0.39 is 0 Å². The molecule has 0 unspecified atom stereocenters. The predicted octanol–water partition coefficient (Wildman–Crippen LogP) is 0.502. The molecule has 0 atom stereocenters. The Balaban J connectivity index is 0.00000128. The topological polar surface area (TPSA) is 64.3 Å². The normalized spacial score (nSPS) is 15.8. The minimum atomic E-state index is 0. The van der Waals surface area contributed by atoms with Crippen LogP contribution in [0.3, 0.4) is 0 Å². The maximum atomic E-state index is 5.58. The minimum Gasteiger partial charge on any atom is -0.378 e. The number of morpholine rings is 1. The van der Waals surface area contributed by atoms with E-state index in [1.54, 1.807) is 0 Å². The van der Waals surface area contributed by atoms with Gasteiger partial charge in [0.1, 0.15) is 0 Å². The number of nitrogens with zero attached hydrogens (tertiary/aromatic N) is 3. The van der Waals surface area contributed by atoms with Gasteiger partial charge in [0, 0.05) is 25.3 Å². The van der Waals surface area contributed by atoms with Gasteiger partial charge in [-0.3, -0.25) is 0 Å². The maximum Gasteiger partial charge on any atom is 0.225 e. The van der Waals surface area contributed by atoms with Crippen molar-refractivity contribution in [3.05, 3.63) is 17.5 Å². The molecule has 0 amide bonds. The van der Waals surface area contributed by atoms with Gasteiger partial charge in [0.05, 0.1) is 18.9 Å². The molecule has 1 aromatic heterocycles. The van der Waals surface area contributed by atoms with Crippen molar-refractivity contribution in [2.24, 2.45) is 5.73 Å². The van der Waals surface area contributed by atoms with Gasteiger partial charge in [0.2, 0.25) is 5.95 Å². The number of halogens is 1. The number of rotatable bonds is 2. The molecule has 0 spiro atoms. The molecule has 2 N–H and O–H groups in total. The van der Waals surface area contributed by atoms with E-state index >= 15 is 0 Å². The summed E-state index contributed by atoms with van der Waals surface area (Å²) >= 11 is 0. The van der Waals surface area contributed by atoms with Crippen LogP contribution in [-0.4, -0.2) is 36.3 Å². The summed E-state index contributed by atoms with van der Waals surface area (Å²) < 4.78 is 5.29. The van der Waals surface area contributed by atoms with E-state index in [4.69, 9.17) is 10.5 Å². The van der Waals surface area contributed by atoms with Crippen molar-refractivity contribution in [1.29, 1.82) is 0 Å². The number of ether oxygens (including phenoxy) is 1. The van der Waals surface area contributed by atoms with Crippen LogP contribution in [0.5, 0.6) is 0 Å². The van der Waals surface area contributed by atoms with Crippen molar-refractivity contribution < 1.29 is 4.74 Å². The van der Waals surface area contributed by atoms with Crippen LogP contribution in [0.2, 0.25) is 0 Å². The van der Waals surface area contributed by atoms with E-state index in [-0.39, 0.29) is 12.4 Å². The lowest BCUT2D eigenvalue weighted by Crippen LogP contribution is -2.37. The lowest BCUT2D eigenvalue weighted by atomic mass is 10.3. The van der Waals surface area contributed by atoms with E-state index in [1.807, 2.05) is 13.0 Å². The molecule has 1 saturated heterocycles. The quantitative estimate of drug-likeness (QED) is 0.821. The first-order chi connectivity index (χ1) is 7.29. The van der Waals surface area contributed by atoms with E-state index in [9.17, 15) is 0 Å². The second-order valence-corrected chi connectivity index (χ2v) is 3.60. The van der Waals surface area contributed by atoms with Gasteiger partial charge >= 0.3 is 0 Å². The Morgan fingerprint density at radius 2 is 2.06 bits per heavy atom. The summed E-state index contributed by atoms with van der Waals surface area (Å²) in [4.78, 5) is 11.0. The molecule has 0 aromatic carbocycles. The van der Waals surface area contributed by atoms with E-state index in [1.165, 1.54) is 0 Å². The molecule has 16 heavy (non-hydrogen) atoms. The molecule has 2 heterocycles. The molecule has 1 fully saturated rings. The van der Waals surface area contributed by atoms with Gasteiger partial charge in [-0.15, -0.1) is 12.4 Å². The minimum absolute atomic E-state index is 0. The Hall–Kier alpha value is -0.910. The molecular weight excluding hydrogens is 228 g/mol. The number of aromatic nitrogens is 2. The SMILES string of the molecule is Cc1cc(CN)nc(N2CCOCC2)n1.Cl. The molecule has 1 aliphatic heterocycles. The van der Waals surface area contributed by atoms with Crippen LogP contribution in [0.4, 0.5) is 5.95 Å². The summed E-state index contributed by atoms with van der Waals surface area (Å²) in [5.41, 5.74) is 7.44. The lowest BCUT2D eigenvalue weighted by molar-refractivity contribution is 0.122. The van der Waals surface area contributed by atoms with Crippen LogP contribution in [0.25, 0.3) is 0 Å². The van der Waals surface area contributed by atoms with Gasteiger partial charge in [-0.05, 0) is 13.0 Å². The van der Waals surface area contributed by atoms with Crippen LogP contribution >= 0.6 is 12.4 Å². The van der Waals surface area contributed by atoms with Crippen molar-refractivity contribution in [1.82, 2.24) is 9.97 Å². The maximum absolute atomic E-state index is 5.58. The summed E-state index contributed by atoms with van der Waals surface area (Å²) in [7, 11) is 0. The van der Waals surface area contributed by atoms with Gasteiger partial charge in [-0.2, -0.15) is 0 Å². The molecule has 90 valence electrons. The third-order valence-corrected chi connectivity index (χ3v) is 2.40. The van der Waals surface area contributed by atoms with Crippen LogP contribution in [0.1, 0.15) is 11.4 Å². The van der Waals surface area contributed by atoms with E-state index in [0.29, 0.717) is 6.54 Å². The first kappa shape index (κ1) is 13.2. The van der Waals surface area contributed by atoms with Crippen molar-refractivity contribution >= 4 is 18.4 Å². The monoisotopic (exact) mass is 244 g/mol. The third kappa shape index (κ3) is 3.04. The third-order valence-electron chi connectivity index (χ3n) is 2.40. The predicted molar refractivity (Wildman–Crippen MR) is 64.9 cm³/mol. The van der Waals surface area contributed by atoms with Gasteiger partial charge in [0.15, 0.2) is 0 Å². The smallest absolute Gasteiger partial charge is 0.225 e. The van der Waals surface area contributed by atoms with Crippen molar-refractivity contribution in [2.75, 3.05) is 31.2 Å². The molecule has 0 bridgehead atoms. The van der Waals surface area contributed by atoms with Gasteiger partial charge in [0.25, 0.3) is 0 Å². The van der Waals surface area contributed by atoms with Crippen molar-refractivity contribution in [2.45, 2.75) is 13.5 Å². The Morgan fingerprint density at radius 1 is 1.38 bits per heavy atom. The standard InChI is InChI=1S/C10H16N4O.ClH/c1-8-6-9(7-11)13-10(12-8)14-2-4-15-5-3-14;/h6H,2-5,7,11H2,1H3;1H. The Labute approximate surface area is 101 Å². The zero-order valence-corrected chi connectivity index (χ0v) is 10.2. The lowest BCUT2D eigenvalue weighted by Gasteiger charge is -2.27. The van der Waals surface area contributed by atoms with Gasteiger partial charge in [-0.25, -0.2) is 9.97 Å². The number of hydrogen-bond acceptors (Lipinski definition) is 5. The zero-order valence-electron chi connectivity index (χ0n) is 9.35. The summed E-state index contributed by atoms with van der Waals surface area (Å²) in [6.45, 7) is 5.62. The molecule has 5 nitrogen and oxygen atoms in total. The molecule has 0 aliphatic carbocycles. The summed E-state index contributed by atoms with van der Waals surface area (Å²) in [6.07, 6.45) is 0. The number of hydrogen-bond donors (Lipinski definition) is 1. The van der Waals surface area contributed by atoms with Crippen molar-refractivity contribution in [3.8, 4) is 0 Å². The number of anilines is 1. The molecule has 6 heteroatoms. The fourth-order valence-electron chi connectivity index (χ4n) is 1.63. The Bertz CT molecular complexity index is 342. The zero-order chi connectivity index (χ0) is 10.7. The second kappa shape index (κ2) is 5.98. The van der Waals surface area contributed by atoms with Gasteiger partial charge < -0.3 is 15.4 Å². The highest BCUT2D eigenvalue weighted by Crippen LogP contribution is 2.11. The highest BCUT2D eigenvalue weighted by molar-refractivity contribution is 5.85. The molecule has 1 aliphatic rings. The van der Waals surface area contributed by atoms with Crippen LogP contribution < -0.4 is 10.6 Å². The second-order valence-electron chi connectivity index (χ2n) is 3.60. The molecule has 1 aromatic rings. The van der Waals surface area contributed by atoms with Crippen LogP contribution in [-0.2, 0) is 11.3 Å². The first-order valence-corrected chi connectivity index (χ1v) is 5.17. The molecule has 2 rings (SSSR count). The van der Waals surface area contributed by atoms with Crippen molar-refractivity contribution in [3.63, 3.8) is 0 Å². The van der Waals surface area contributed by atoms with Crippen LogP contribution in [0.15, 0.2) is 6.07 Å². The highest BCUT2D eigenvalue weighted by Gasteiger charge is 2.14. The fraction of sp³-hybridized carbons (Fsp3) is 0.600. The number of nitrogens with two attached hydrogens (primary N) is 1. The van der Waals surface area contributed by atoms with Gasteiger partial charge in [-0.1, -0.05) is 0 Å². The van der Waals surface area contributed by atoms with E-state index in [2.05, 4.69) is 14.9 Å². The molecule has 0 saturated carbocycles. The summed E-state index contributed by atoms with van der Waals surface area (Å²) in [6, 6.07) is 1.92. The number of aryl methyl sites for hydroxylation is 1. The summed E-state index contributed by atoms with van der Waals surface area (Å²) in [5.74, 6) is 0.777. The summed E-state index contributed by atoms with van der Waals surface area (Å²) in [5, 5.41) is 0. The average molecular weight is 245 g/mol. The Kier molecular flexibility index (Phi) is 4.92. The Morgan fingerprint density at radius 3 is 2.69 bits per heavy atom. The highest BCUT2D eigenvalue weighted by atomic mass is 35.5. The average Bonchev–Trinajstić information content (AvgIpc) is 2.29. The van der Waals surface area contributed by atoms with Crippen LogP contribution in [0, 0.1) is 6.92 Å². The molecular formula is C10H17ClN4O.